The van der Waals surface area contributed by atoms with Gasteiger partial charge in [0.05, 0.1) is 0 Å². The van der Waals surface area contributed by atoms with Crippen LogP contribution in [0.25, 0.3) is 0 Å². The van der Waals surface area contributed by atoms with Gasteiger partial charge in [-0.1, -0.05) is 26.7 Å². The highest BCUT2D eigenvalue weighted by atomic mass is 16.2. The van der Waals surface area contributed by atoms with Gasteiger partial charge in [0.1, 0.15) is 0 Å². The quantitative estimate of drug-likeness (QED) is 0.798. The Morgan fingerprint density at radius 2 is 1.68 bits per heavy atom. The predicted molar refractivity (Wildman–Crippen MR) is 75.9 cm³/mol. The molecule has 0 saturated carbocycles. The van der Waals surface area contributed by atoms with Gasteiger partial charge in [0.25, 0.3) is 0 Å². The molecule has 1 aliphatic rings. The Kier molecular flexibility index (Phi) is 7.30. The molecule has 0 atom stereocenters. The number of hydrogen-bond donors (Lipinski definition) is 2. The summed E-state index contributed by atoms with van der Waals surface area (Å²) in [5, 5.41) is 5.67. The second-order valence-corrected chi connectivity index (χ2v) is 5.58. The lowest BCUT2D eigenvalue weighted by Gasteiger charge is -2.20. The molecule has 0 spiro atoms. The fraction of sp³-hybridized carbons (Fsp3) is 0.857. The van der Waals surface area contributed by atoms with Crippen LogP contribution in [-0.2, 0) is 4.79 Å². The van der Waals surface area contributed by atoms with Gasteiger partial charge in [0, 0.05) is 32.6 Å². The van der Waals surface area contributed by atoms with Gasteiger partial charge in [-0.3, -0.25) is 4.79 Å². The van der Waals surface area contributed by atoms with Gasteiger partial charge in [-0.25, -0.2) is 4.79 Å². The third-order valence-corrected chi connectivity index (χ3v) is 3.23. The Hall–Kier alpha value is -1.26. The van der Waals surface area contributed by atoms with Crippen molar-refractivity contribution >= 4 is 11.9 Å². The molecule has 0 aromatic heterocycles. The number of carbonyl (C=O) groups is 2. The largest absolute Gasteiger partial charge is 0.356 e. The number of rotatable bonds is 5. The highest BCUT2D eigenvalue weighted by molar-refractivity contribution is 5.78. The summed E-state index contributed by atoms with van der Waals surface area (Å²) >= 11 is 0. The lowest BCUT2D eigenvalue weighted by atomic mass is 10.2. The normalized spacial score (nSPS) is 16.1. The first-order valence-corrected chi connectivity index (χ1v) is 7.39. The second-order valence-electron chi connectivity index (χ2n) is 5.58. The molecule has 110 valence electrons. The van der Waals surface area contributed by atoms with E-state index in [0.717, 1.165) is 25.9 Å². The third-order valence-electron chi connectivity index (χ3n) is 3.23. The Morgan fingerprint density at radius 3 is 2.26 bits per heavy atom. The molecule has 0 aliphatic carbocycles. The van der Waals surface area contributed by atoms with E-state index in [1.807, 2.05) is 4.90 Å². The van der Waals surface area contributed by atoms with Crippen molar-refractivity contribution in [2.24, 2.45) is 5.92 Å². The Labute approximate surface area is 116 Å². The van der Waals surface area contributed by atoms with E-state index in [1.54, 1.807) is 0 Å². The molecule has 3 amide bonds. The third kappa shape index (κ3) is 7.03. The molecule has 0 bridgehead atoms. The summed E-state index contributed by atoms with van der Waals surface area (Å²) in [7, 11) is 0. The van der Waals surface area contributed by atoms with E-state index in [0.29, 0.717) is 25.4 Å². The van der Waals surface area contributed by atoms with Crippen molar-refractivity contribution in [3.05, 3.63) is 0 Å². The van der Waals surface area contributed by atoms with Crippen LogP contribution in [0.1, 0.15) is 46.0 Å². The Bertz CT molecular complexity index is 284. The summed E-state index contributed by atoms with van der Waals surface area (Å²) in [5.41, 5.74) is 0. The minimum atomic E-state index is -0.0291. The van der Waals surface area contributed by atoms with Crippen molar-refractivity contribution in [1.82, 2.24) is 15.5 Å². The Morgan fingerprint density at radius 1 is 1.05 bits per heavy atom. The zero-order chi connectivity index (χ0) is 14.1. The van der Waals surface area contributed by atoms with Crippen molar-refractivity contribution in [1.29, 1.82) is 0 Å². The van der Waals surface area contributed by atoms with Gasteiger partial charge in [0.15, 0.2) is 0 Å². The van der Waals surface area contributed by atoms with Crippen molar-refractivity contribution in [2.75, 3.05) is 26.2 Å². The molecule has 1 aliphatic heterocycles. The first kappa shape index (κ1) is 15.8. The first-order chi connectivity index (χ1) is 9.09. The molecule has 1 fully saturated rings. The van der Waals surface area contributed by atoms with E-state index in [-0.39, 0.29) is 11.9 Å². The maximum absolute atomic E-state index is 11.9. The second kappa shape index (κ2) is 8.77. The van der Waals surface area contributed by atoms with E-state index in [1.165, 1.54) is 12.8 Å². The Balaban J connectivity index is 2.13. The minimum Gasteiger partial charge on any atom is -0.356 e. The van der Waals surface area contributed by atoms with Gasteiger partial charge in [0.2, 0.25) is 5.91 Å². The summed E-state index contributed by atoms with van der Waals surface area (Å²) in [6.45, 7) is 6.90. The lowest BCUT2D eigenvalue weighted by molar-refractivity contribution is -0.121. The van der Waals surface area contributed by atoms with E-state index >= 15 is 0 Å². The number of urea groups is 1. The van der Waals surface area contributed by atoms with Crippen LogP contribution >= 0.6 is 0 Å². The van der Waals surface area contributed by atoms with Crippen LogP contribution in [0.2, 0.25) is 0 Å². The first-order valence-electron chi connectivity index (χ1n) is 7.39. The van der Waals surface area contributed by atoms with Gasteiger partial charge in [-0.2, -0.15) is 0 Å². The molecule has 2 N–H and O–H groups in total. The molecule has 19 heavy (non-hydrogen) atoms. The molecule has 1 rings (SSSR count). The number of nitrogens with zero attached hydrogens (tertiary/aromatic N) is 1. The van der Waals surface area contributed by atoms with Gasteiger partial charge < -0.3 is 15.5 Å². The molecule has 1 heterocycles. The standard InChI is InChI=1S/C14H27N3O2/c1-12(2)11-16-13(18)7-8-15-14(19)17-9-5-3-4-6-10-17/h12H,3-11H2,1-2H3,(H,15,19)(H,16,18). The fourth-order valence-corrected chi connectivity index (χ4v) is 2.07. The van der Waals surface area contributed by atoms with Crippen LogP contribution in [0.4, 0.5) is 4.79 Å². The molecular formula is C14H27N3O2. The summed E-state index contributed by atoms with van der Waals surface area (Å²) in [4.78, 5) is 25.2. The maximum atomic E-state index is 11.9. The van der Waals surface area contributed by atoms with E-state index in [9.17, 15) is 9.59 Å². The SMILES string of the molecule is CC(C)CNC(=O)CCNC(=O)N1CCCCCC1. The number of nitrogens with one attached hydrogen (secondary N) is 2. The topological polar surface area (TPSA) is 61.4 Å². The molecule has 1 saturated heterocycles. The monoisotopic (exact) mass is 269 g/mol. The van der Waals surface area contributed by atoms with Crippen molar-refractivity contribution < 1.29 is 9.59 Å². The van der Waals surface area contributed by atoms with Crippen molar-refractivity contribution in [3.8, 4) is 0 Å². The van der Waals surface area contributed by atoms with E-state index in [4.69, 9.17) is 0 Å². The predicted octanol–water partition coefficient (Wildman–Crippen LogP) is 1.73. The van der Waals surface area contributed by atoms with Crippen LogP contribution in [0.5, 0.6) is 0 Å². The molecular weight excluding hydrogens is 242 g/mol. The summed E-state index contributed by atoms with van der Waals surface area (Å²) in [6.07, 6.45) is 4.94. The summed E-state index contributed by atoms with van der Waals surface area (Å²) in [6, 6.07) is -0.0291. The average molecular weight is 269 g/mol. The molecule has 0 radical (unpaired) electrons. The van der Waals surface area contributed by atoms with Crippen LogP contribution in [0.15, 0.2) is 0 Å². The number of amides is 3. The molecule has 0 unspecified atom stereocenters. The van der Waals surface area contributed by atoms with Crippen LogP contribution in [0.3, 0.4) is 0 Å². The van der Waals surface area contributed by atoms with Crippen molar-refractivity contribution in [2.45, 2.75) is 46.0 Å². The maximum Gasteiger partial charge on any atom is 0.317 e. The van der Waals surface area contributed by atoms with Crippen molar-refractivity contribution in [3.63, 3.8) is 0 Å². The summed E-state index contributed by atoms with van der Waals surface area (Å²) < 4.78 is 0. The van der Waals surface area contributed by atoms with Gasteiger partial charge >= 0.3 is 6.03 Å². The average Bonchev–Trinajstić information content (AvgIpc) is 2.65. The van der Waals surface area contributed by atoms with Crippen LogP contribution < -0.4 is 10.6 Å². The molecule has 0 aromatic carbocycles. The highest BCUT2D eigenvalue weighted by Crippen LogP contribution is 2.09. The number of carbonyl (C=O) groups excluding carboxylic acids is 2. The number of hydrogen-bond acceptors (Lipinski definition) is 2. The zero-order valence-electron chi connectivity index (χ0n) is 12.2. The minimum absolute atomic E-state index is 0.00451. The summed E-state index contributed by atoms with van der Waals surface area (Å²) in [5.74, 6) is 0.459. The lowest BCUT2D eigenvalue weighted by Crippen LogP contribution is -2.42. The fourth-order valence-electron chi connectivity index (χ4n) is 2.07. The zero-order valence-corrected chi connectivity index (χ0v) is 12.2. The van der Waals surface area contributed by atoms with Crippen LogP contribution in [0, 0.1) is 5.92 Å². The molecule has 0 aromatic rings. The van der Waals surface area contributed by atoms with E-state index < -0.39 is 0 Å². The van der Waals surface area contributed by atoms with E-state index in [2.05, 4.69) is 24.5 Å². The number of likely N-dealkylation sites (tertiary alicyclic amines) is 1. The van der Waals surface area contributed by atoms with Gasteiger partial charge in [-0.15, -0.1) is 0 Å². The molecule has 5 heteroatoms. The highest BCUT2D eigenvalue weighted by Gasteiger charge is 2.14. The smallest absolute Gasteiger partial charge is 0.317 e. The van der Waals surface area contributed by atoms with Crippen LogP contribution in [-0.4, -0.2) is 43.0 Å². The molecule has 5 nitrogen and oxygen atoms in total. The van der Waals surface area contributed by atoms with Gasteiger partial charge in [-0.05, 0) is 18.8 Å².